The Bertz CT molecular complexity index is 1230. The standard InChI is InChI=1S/C29H33FN4O2S/c30-25-14-19(22-15-27(37-17-22)29(36)34-9-7-33(8-10-34)24-5-6-24)1-2-20(25)11-18(16-31)12-26(35)28-21-3-4-23(13-21)32-28/h1-2,14-15,17-18,21,23-24,28,32H,3-13H2/t18-,21+,23-,28+/m1/s1. The van der Waals surface area contributed by atoms with Crippen molar-refractivity contribution in [3.05, 3.63) is 45.9 Å². The molecule has 1 aromatic heterocycles. The molecule has 2 saturated carbocycles. The molecule has 6 nitrogen and oxygen atoms in total. The van der Waals surface area contributed by atoms with Crippen LogP contribution in [0, 0.1) is 29.0 Å². The van der Waals surface area contributed by atoms with Crippen molar-refractivity contribution in [1.29, 1.82) is 5.26 Å². The largest absolute Gasteiger partial charge is 0.335 e. The zero-order valence-corrected chi connectivity index (χ0v) is 21.8. The van der Waals surface area contributed by atoms with E-state index in [2.05, 4.69) is 16.3 Å². The average molecular weight is 521 g/mol. The van der Waals surface area contributed by atoms with E-state index in [-0.39, 0.29) is 36.4 Å². The lowest BCUT2D eigenvalue weighted by Crippen LogP contribution is -2.49. The van der Waals surface area contributed by atoms with Gasteiger partial charge in [0.2, 0.25) is 0 Å². The summed E-state index contributed by atoms with van der Waals surface area (Å²) in [6, 6.07) is 10.1. The number of amides is 1. The number of fused-ring (bicyclic) bond motifs is 2. The van der Waals surface area contributed by atoms with Crippen molar-refractivity contribution in [1.82, 2.24) is 15.1 Å². The highest BCUT2D eigenvalue weighted by molar-refractivity contribution is 7.12. The summed E-state index contributed by atoms with van der Waals surface area (Å²) in [5.74, 6) is -0.392. The Morgan fingerprint density at radius 2 is 1.92 bits per heavy atom. The number of nitrogens with zero attached hydrogens (tertiary/aromatic N) is 3. The number of nitrogens with one attached hydrogen (secondary N) is 1. The van der Waals surface area contributed by atoms with E-state index in [9.17, 15) is 14.9 Å². The first kappa shape index (κ1) is 24.7. The van der Waals surface area contributed by atoms with Gasteiger partial charge in [0.25, 0.3) is 5.91 Å². The third-order valence-corrected chi connectivity index (χ3v) is 9.58. The molecule has 3 heterocycles. The summed E-state index contributed by atoms with van der Waals surface area (Å²) in [5, 5.41) is 15.0. The number of ketones is 1. The van der Waals surface area contributed by atoms with Gasteiger partial charge in [-0.05, 0) is 78.6 Å². The molecule has 0 spiro atoms. The van der Waals surface area contributed by atoms with E-state index in [1.165, 1.54) is 30.2 Å². The number of carbonyl (C=O) groups excluding carboxylic acids is 2. The number of Topliss-reactive ketones (excluding diaryl/α,β-unsaturated/α-hetero) is 1. The Balaban J connectivity index is 1.07. The molecule has 2 aliphatic heterocycles. The Morgan fingerprint density at radius 1 is 1.11 bits per heavy atom. The third-order valence-electron chi connectivity index (χ3n) is 8.66. The first-order valence-electron chi connectivity index (χ1n) is 13.6. The summed E-state index contributed by atoms with van der Waals surface area (Å²) >= 11 is 1.40. The van der Waals surface area contributed by atoms with E-state index < -0.39 is 5.92 Å². The molecular weight excluding hydrogens is 487 g/mol. The Labute approximate surface area is 221 Å². The van der Waals surface area contributed by atoms with Gasteiger partial charge in [-0.1, -0.05) is 12.1 Å². The second kappa shape index (κ2) is 10.3. The zero-order valence-electron chi connectivity index (χ0n) is 21.0. The smallest absolute Gasteiger partial charge is 0.264 e. The second-order valence-electron chi connectivity index (χ2n) is 11.2. The molecular formula is C29H33FN4O2S. The highest BCUT2D eigenvalue weighted by atomic mass is 32.1. The number of carbonyl (C=O) groups is 2. The zero-order chi connectivity index (χ0) is 25.5. The molecule has 2 aromatic rings. The van der Waals surface area contributed by atoms with Crippen LogP contribution in [0.2, 0.25) is 0 Å². The van der Waals surface area contributed by atoms with Gasteiger partial charge < -0.3 is 10.2 Å². The van der Waals surface area contributed by atoms with Crippen LogP contribution in [0.25, 0.3) is 11.1 Å². The summed E-state index contributed by atoms with van der Waals surface area (Å²) in [7, 11) is 0. The van der Waals surface area contributed by atoms with Crippen molar-refractivity contribution in [2.75, 3.05) is 26.2 Å². The lowest BCUT2D eigenvalue weighted by Gasteiger charge is -2.34. The summed E-state index contributed by atoms with van der Waals surface area (Å²) in [6.07, 6.45) is 6.20. The predicted molar refractivity (Wildman–Crippen MR) is 141 cm³/mol. The van der Waals surface area contributed by atoms with Crippen molar-refractivity contribution in [3.8, 4) is 17.2 Å². The van der Waals surface area contributed by atoms with Crippen molar-refractivity contribution in [2.24, 2.45) is 11.8 Å². The van der Waals surface area contributed by atoms with E-state index in [1.54, 1.807) is 6.07 Å². The van der Waals surface area contributed by atoms with Crippen LogP contribution in [0.5, 0.6) is 0 Å². The Morgan fingerprint density at radius 3 is 2.57 bits per heavy atom. The first-order valence-corrected chi connectivity index (χ1v) is 14.5. The van der Waals surface area contributed by atoms with Gasteiger partial charge in [0.1, 0.15) is 5.82 Å². The summed E-state index contributed by atoms with van der Waals surface area (Å²) in [6.45, 7) is 3.39. The second-order valence-corrected chi connectivity index (χ2v) is 12.1. The van der Waals surface area contributed by atoms with Crippen LogP contribution in [0.4, 0.5) is 4.39 Å². The molecule has 2 aliphatic carbocycles. The van der Waals surface area contributed by atoms with Crippen LogP contribution in [0.15, 0.2) is 29.6 Å². The van der Waals surface area contributed by atoms with Crippen molar-refractivity contribution >= 4 is 23.0 Å². The van der Waals surface area contributed by atoms with E-state index in [1.807, 2.05) is 22.4 Å². The van der Waals surface area contributed by atoms with Gasteiger partial charge in [-0.25, -0.2) is 4.39 Å². The molecule has 1 N–H and O–H groups in total. The summed E-state index contributed by atoms with van der Waals surface area (Å²) in [4.78, 5) is 30.9. The normalized spacial score (nSPS) is 26.3. The van der Waals surface area contributed by atoms with Gasteiger partial charge in [-0.2, -0.15) is 5.26 Å². The molecule has 1 aromatic carbocycles. The fraction of sp³-hybridized carbons (Fsp3) is 0.552. The van der Waals surface area contributed by atoms with Gasteiger partial charge in [0.05, 0.1) is 22.9 Å². The minimum absolute atomic E-state index is 0.0512. The number of benzene rings is 1. The van der Waals surface area contributed by atoms with Crippen LogP contribution >= 0.6 is 11.3 Å². The monoisotopic (exact) mass is 520 g/mol. The maximum atomic E-state index is 15.1. The SMILES string of the molecule is N#C[C@@H](CC(=O)[C@H]1N[C@@H]2CC[C@H]1C2)Cc1ccc(-c2csc(C(=O)N3CCN(C4CC4)CC3)c2)cc1F. The lowest BCUT2D eigenvalue weighted by atomic mass is 9.88. The summed E-state index contributed by atoms with van der Waals surface area (Å²) in [5.41, 5.74) is 1.99. The molecule has 194 valence electrons. The number of rotatable bonds is 8. The van der Waals surface area contributed by atoms with E-state index in [0.29, 0.717) is 28.0 Å². The Kier molecular flexibility index (Phi) is 6.87. The molecule has 4 atom stereocenters. The van der Waals surface area contributed by atoms with E-state index >= 15 is 4.39 Å². The van der Waals surface area contributed by atoms with Gasteiger partial charge in [0, 0.05) is 44.7 Å². The minimum atomic E-state index is -0.542. The predicted octanol–water partition coefficient (Wildman–Crippen LogP) is 4.26. The first-order chi connectivity index (χ1) is 18.0. The maximum absolute atomic E-state index is 15.1. The average Bonchev–Trinajstić information content (AvgIpc) is 3.29. The van der Waals surface area contributed by atoms with Gasteiger partial charge in [0.15, 0.2) is 5.78 Å². The molecule has 0 radical (unpaired) electrons. The van der Waals surface area contributed by atoms with Crippen LogP contribution in [0.1, 0.15) is 53.8 Å². The molecule has 2 bridgehead atoms. The Hall–Kier alpha value is -2.60. The number of hydrogen-bond acceptors (Lipinski definition) is 6. The third kappa shape index (κ3) is 5.22. The fourth-order valence-corrected chi connectivity index (χ4v) is 7.28. The number of nitriles is 1. The van der Waals surface area contributed by atoms with Gasteiger partial charge in [-0.3, -0.25) is 14.5 Å². The highest BCUT2D eigenvalue weighted by Crippen LogP contribution is 2.36. The summed E-state index contributed by atoms with van der Waals surface area (Å²) < 4.78 is 15.1. The molecule has 6 rings (SSSR count). The molecule has 0 unspecified atom stereocenters. The van der Waals surface area contributed by atoms with E-state index in [0.717, 1.165) is 57.0 Å². The molecule has 37 heavy (non-hydrogen) atoms. The molecule has 8 heteroatoms. The molecule has 4 aliphatic rings. The van der Waals surface area contributed by atoms with Crippen LogP contribution in [-0.4, -0.2) is 65.8 Å². The minimum Gasteiger partial charge on any atom is -0.335 e. The molecule has 2 saturated heterocycles. The van der Waals surface area contributed by atoms with Crippen LogP contribution in [0.3, 0.4) is 0 Å². The molecule has 4 fully saturated rings. The van der Waals surface area contributed by atoms with E-state index in [4.69, 9.17) is 0 Å². The quantitative estimate of drug-likeness (QED) is 0.563. The number of piperazine rings is 1. The number of halogens is 1. The number of thiophene rings is 1. The maximum Gasteiger partial charge on any atom is 0.264 e. The van der Waals surface area contributed by atoms with Crippen LogP contribution < -0.4 is 5.32 Å². The number of hydrogen-bond donors (Lipinski definition) is 1. The molecule has 1 amide bonds. The van der Waals surface area contributed by atoms with Crippen LogP contribution in [-0.2, 0) is 11.2 Å². The fourth-order valence-electron chi connectivity index (χ4n) is 6.39. The van der Waals surface area contributed by atoms with Gasteiger partial charge >= 0.3 is 0 Å². The van der Waals surface area contributed by atoms with Crippen molar-refractivity contribution in [2.45, 2.75) is 63.1 Å². The van der Waals surface area contributed by atoms with Crippen molar-refractivity contribution in [3.63, 3.8) is 0 Å². The highest BCUT2D eigenvalue weighted by Gasteiger charge is 2.42. The lowest BCUT2D eigenvalue weighted by molar-refractivity contribution is -0.122. The van der Waals surface area contributed by atoms with Crippen molar-refractivity contribution < 1.29 is 14.0 Å². The number of piperidine rings is 1. The van der Waals surface area contributed by atoms with Gasteiger partial charge in [-0.15, -0.1) is 11.3 Å². The topological polar surface area (TPSA) is 76.4 Å².